The number of anilines is 1. The molecule has 136 valence electrons. The summed E-state index contributed by atoms with van der Waals surface area (Å²) < 4.78 is 35.5. The lowest BCUT2D eigenvalue weighted by atomic mass is 10.3. The highest BCUT2D eigenvalue weighted by molar-refractivity contribution is 7.18. The number of hydrogen-bond donors (Lipinski definition) is 0. The van der Waals surface area contributed by atoms with E-state index in [4.69, 9.17) is 4.74 Å². The van der Waals surface area contributed by atoms with Crippen molar-refractivity contribution >= 4 is 33.3 Å². The summed E-state index contributed by atoms with van der Waals surface area (Å²) in [5.74, 6) is 0.737. The van der Waals surface area contributed by atoms with Gasteiger partial charge in [-0.1, -0.05) is 29.6 Å². The molecule has 0 saturated heterocycles. The van der Waals surface area contributed by atoms with Crippen LogP contribution in [0.25, 0.3) is 16.3 Å². The Balaban J connectivity index is 1.49. The van der Waals surface area contributed by atoms with E-state index in [1.165, 1.54) is 24.3 Å². The standard InChI is InChI=1S/C21H17F2N2OS/c1-24-16-12-14(22)8-10-18(16)26-20(24)6-4-3-5-7-21-25(2)17-13-15(23)9-11-19(17)27-21/h3-13H,1-2H3/q+1. The molecule has 3 nitrogen and oxygen atoms in total. The molecule has 27 heavy (non-hydrogen) atoms. The molecule has 2 heterocycles. The van der Waals surface area contributed by atoms with E-state index in [1.54, 1.807) is 28.4 Å². The minimum Gasteiger partial charge on any atom is -0.439 e. The zero-order valence-corrected chi connectivity index (χ0v) is 15.6. The highest BCUT2D eigenvalue weighted by Gasteiger charge is 2.22. The first-order valence-electron chi connectivity index (χ1n) is 8.37. The van der Waals surface area contributed by atoms with Gasteiger partial charge in [0, 0.05) is 25.3 Å². The number of aromatic nitrogens is 1. The average Bonchev–Trinajstić information content (AvgIpc) is 3.13. The first kappa shape index (κ1) is 17.4. The number of thiazole rings is 1. The van der Waals surface area contributed by atoms with Crippen molar-refractivity contribution < 1.29 is 18.1 Å². The molecule has 1 aromatic heterocycles. The molecule has 4 rings (SSSR count). The number of benzene rings is 2. The minimum absolute atomic E-state index is 0.237. The van der Waals surface area contributed by atoms with E-state index in [-0.39, 0.29) is 11.6 Å². The number of rotatable bonds is 3. The van der Waals surface area contributed by atoms with Gasteiger partial charge in [0.25, 0.3) is 5.01 Å². The Morgan fingerprint density at radius 1 is 1.04 bits per heavy atom. The molecule has 0 unspecified atom stereocenters. The fourth-order valence-electron chi connectivity index (χ4n) is 2.91. The van der Waals surface area contributed by atoms with Crippen LogP contribution in [0.15, 0.2) is 66.6 Å². The Labute approximate surface area is 159 Å². The van der Waals surface area contributed by atoms with Crippen molar-refractivity contribution in [3.8, 4) is 5.75 Å². The maximum absolute atomic E-state index is 13.4. The second-order valence-electron chi connectivity index (χ2n) is 6.13. The normalized spacial score (nSPS) is 15.4. The summed E-state index contributed by atoms with van der Waals surface area (Å²) in [4.78, 5) is 1.80. The molecule has 1 aliphatic heterocycles. The lowest BCUT2D eigenvalue weighted by Gasteiger charge is -2.09. The van der Waals surface area contributed by atoms with Crippen molar-refractivity contribution in [1.82, 2.24) is 0 Å². The van der Waals surface area contributed by atoms with E-state index in [9.17, 15) is 8.78 Å². The van der Waals surface area contributed by atoms with Crippen LogP contribution in [0.5, 0.6) is 5.75 Å². The van der Waals surface area contributed by atoms with Crippen LogP contribution in [-0.2, 0) is 7.05 Å². The summed E-state index contributed by atoms with van der Waals surface area (Å²) in [6.45, 7) is 0. The third-order valence-corrected chi connectivity index (χ3v) is 5.54. The molecule has 0 radical (unpaired) electrons. The van der Waals surface area contributed by atoms with Gasteiger partial charge in [-0.05, 0) is 30.3 Å². The first-order valence-corrected chi connectivity index (χ1v) is 9.19. The summed E-state index contributed by atoms with van der Waals surface area (Å²) in [6, 6.07) is 9.25. The van der Waals surface area contributed by atoms with Gasteiger partial charge in [0.2, 0.25) is 5.52 Å². The number of aryl methyl sites for hydroxylation is 1. The minimum atomic E-state index is -0.292. The molecule has 0 atom stereocenters. The Morgan fingerprint density at radius 3 is 2.67 bits per heavy atom. The number of nitrogens with zero attached hydrogens (tertiary/aromatic N) is 2. The Kier molecular flexibility index (Phi) is 4.49. The Bertz CT molecular complexity index is 1110. The van der Waals surface area contributed by atoms with Crippen molar-refractivity contribution in [1.29, 1.82) is 0 Å². The zero-order chi connectivity index (χ0) is 19.0. The molecule has 3 aromatic rings. The SMILES string of the molecule is CN1/C(=C/C=C/C=C\c2sc3ccc(F)cc3[n+]2C)Oc2ccc(F)cc21. The smallest absolute Gasteiger partial charge is 0.262 e. The van der Waals surface area contributed by atoms with Gasteiger partial charge in [-0.25, -0.2) is 8.78 Å². The van der Waals surface area contributed by atoms with Crippen LogP contribution in [0.2, 0.25) is 0 Å². The molecular weight excluding hydrogens is 366 g/mol. The molecule has 0 amide bonds. The van der Waals surface area contributed by atoms with Crippen molar-refractivity contribution in [3.63, 3.8) is 0 Å². The molecule has 2 aromatic carbocycles. The van der Waals surface area contributed by atoms with Crippen molar-refractivity contribution in [2.45, 2.75) is 0 Å². The summed E-state index contributed by atoms with van der Waals surface area (Å²) in [5.41, 5.74) is 1.58. The fraction of sp³-hybridized carbons (Fsp3) is 0.0952. The van der Waals surface area contributed by atoms with Crippen LogP contribution in [0.1, 0.15) is 5.01 Å². The van der Waals surface area contributed by atoms with E-state index in [2.05, 4.69) is 0 Å². The van der Waals surface area contributed by atoms with E-state index in [0.29, 0.717) is 17.3 Å². The fourth-order valence-corrected chi connectivity index (χ4v) is 3.95. The molecule has 1 aliphatic rings. The van der Waals surface area contributed by atoms with E-state index in [0.717, 1.165) is 15.2 Å². The average molecular weight is 383 g/mol. The largest absolute Gasteiger partial charge is 0.439 e. The van der Waals surface area contributed by atoms with E-state index >= 15 is 0 Å². The molecule has 6 heteroatoms. The lowest BCUT2D eigenvalue weighted by Crippen LogP contribution is -2.28. The second-order valence-corrected chi connectivity index (χ2v) is 7.20. The summed E-state index contributed by atoms with van der Waals surface area (Å²) in [6.07, 6.45) is 9.46. The van der Waals surface area contributed by atoms with Gasteiger partial charge in [0.1, 0.15) is 23.4 Å². The molecule has 0 bridgehead atoms. The predicted molar refractivity (Wildman–Crippen MR) is 105 cm³/mol. The summed E-state index contributed by atoms with van der Waals surface area (Å²) >= 11 is 1.60. The first-order chi connectivity index (χ1) is 13.0. The molecular formula is C21H17F2N2OS+. The molecule has 0 spiro atoms. The third-order valence-electron chi connectivity index (χ3n) is 4.35. The number of allylic oxidation sites excluding steroid dienone is 4. The maximum Gasteiger partial charge on any atom is 0.262 e. The zero-order valence-electron chi connectivity index (χ0n) is 14.8. The van der Waals surface area contributed by atoms with E-state index < -0.39 is 0 Å². The highest BCUT2D eigenvalue weighted by atomic mass is 32.1. The Hall–Kier alpha value is -2.99. The van der Waals surface area contributed by atoms with Crippen LogP contribution in [0.4, 0.5) is 14.5 Å². The molecule has 0 N–H and O–H groups in total. The third kappa shape index (κ3) is 3.36. The van der Waals surface area contributed by atoms with Gasteiger partial charge in [-0.3, -0.25) is 0 Å². The van der Waals surface area contributed by atoms with Gasteiger partial charge in [0.05, 0.1) is 5.69 Å². The predicted octanol–water partition coefficient (Wildman–Crippen LogP) is 4.94. The highest BCUT2D eigenvalue weighted by Crippen LogP contribution is 2.38. The van der Waals surface area contributed by atoms with Gasteiger partial charge in [0.15, 0.2) is 11.6 Å². The van der Waals surface area contributed by atoms with Crippen molar-refractivity contribution in [2.75, 3.05) is 11.9 Å². The van der Waals surface area contributed by atoms with E-state index in [1.807, 2.05) is 49.0 Å². The van der Waals surface area contributed by atoms with Crippen molar-refractivity contribution in [3.05, 3.63) is 83.2 Å². The van der Waals surface area contributed by atoms with Crippen LogP contribution < -0.4 is 14.2 Å². The van der Waals surface area contributed by atoms with Gasteiger partial charge in [-0.15, -0.1) is 0 Å². The summed E-state index contributed by atoms with van der Waals surface area (Å²) in [7, 11) is 3.75. The van der Waals surface area contributed by atoms with Crippen LogP contribution in [0, 0.1) is 11.6 Å². The molecule has 0 fully saturated rings. The number of ether oxygens (including phenoxy) is 1. The molecule has 0 aliphatic carbocycles. The number of hydrogen-bond acceptors (Lipinski definition) is 3. The van der Waals surface area contributed by atoms with Crippen LogP contribution in [-0.4, -0.2) is 7.05 Å². The van der Waals surface area contributed by atoms with Crippen molar-refractivity contribution in [2.24, 2.45) is 7.05 Å². The molecule has 0 saturated carbocycles. The van der Waals surface area contributed by atoms with Crippen LogP contribution in [0.3, 0.4) is 0 Å². The van der Waals surface area contributed by atoms with Gasteiger partial charge in [-0.2, -0.15) is 4.57 Å². The lowest BCUT2D eigenvalue weighted by molar-refractivity contribution is -0.642. The van der Waals surface area contributed by atoms with Crippen LogP contribution >= 0.6 is 11.3 Å². The maximum atomic E-state index is 13.4. The topological polar surface area (TPSA) is 16.4 Å². The summed E-state index contributed by atoms with van der Waals surface area (Å²) in [5, 5.41) is 1.02. The van der Waals surface area contributed by atoms with Gasteiger partial charge >= 0.3 is 0 Å². The monoisotopic (exact) mass is 383 g/mol. The second kappa shape index (κ2) is 6.96. The number of fused-ring (bicyclic) bond motifs is 2. The Morgan fingerprint density at radius 2 is 1.81 bits per heavy atom. The van der Waals surface area contributed by atoms with Gasteiger partial charge < -0.3 is 9.64 Å². The number of halogens is 2. The quantitative estimate of drug-likeness (QED) is 0.470.